The molecule has 2 aromatic rings. The Morgan fingerprint density at radius 3 is 2.69 bits per heavy atom. The SMILES string of the molecule is CCCNC(=O)c1nn(C)c2c1COC1(CCN(Cc3ccc(Cl)cc3)CC1)C2. The molecule has 4 rings (SSSR count). The van der Waals surface area contributed by atoms with Gasteiger partial charge in [0.25, 0.3) is 5.91 Å². The van der Waals surface area contributed by atoms with Crippen LogP contribution in [0.1, 0.15) is 53.5 Å². The van der Waals surface area contributed by atoms with Crippen LogP contribution in [-0.4, -0.2) is 45.8 Å². The van der Waals surface area contributed by atoms with Gasteiger partial charge in [-0.3, -0.25) is 14.4 Å². The van der Waals surface area contributed by atoms with Gasteiger partial charge in [-0.2, -0.15) is 5.10 Å². The number of benzene rings is 1. The van der Waals surface area contributed by atoms with Crippen LogP contribution in [0.3, 0.4) is 0 Å². The molecule has 0 unspecified atom stereocenters. The number of amides is 1. The first-order chi connectivity index (χ1) is 14.0. The Bertz CT molecular complexity index is 870. The fourth-order valence-corrected chi connectivity index (χ4v) is 4.48. The first kappa shape index (κ1) is 20.4. The molecule has 1 amide bonds. The van der Waals surface area contributed by atoms with Crippen LogP contribution < -0.4 is 5.32 Å². The third-order valence-corrected chi connectivity index (χ3v) is 6.38. The molecular formula is C22H29ClN4O2. The van der Waals surface area contributed by atoms with E-state index in [9.17, 15) is 4.79 Å². The van der Waals surface area contributed by atoms with Crippen LogP contribution in [0, 0.1) is 0 Å². The molecule has 0 aliphatic carbocycles. The Morgan fingerprint density at radius 1 is 1.28 bits per heavy atom. The van der Waals surface area contributed by atoms with E-state index in [1.165, 1.54) is 5.56 Å². The zero-order valence-corrected chi connectivity index (χ0v) is 18.0. The summed E-state index contributed by atoms with van der Waals surface area (Å²) in [5.74, 6) is -0.0963. The van der Waals surface area contributed by atoms with Crippen LogP contribution in [0.25, 0.3) is 0 Å². The average Bonchev–Trinajstić information content (AvgIpc) is 3.05. The quantitative estimate of drug-likeness (QED) is 0.812. The second-order valence-corrected chi connectivity index (χ2v) is 8.64. The van der Waals surface area contributed by atoms with E-state index >= 15 is 0 Å². The smallest absolute Gasteiger partial charge is 0.272 e. The molecule has 1 fully saturated rings. The third-order valence-electron chi connectivity index (χ3n) is 6.12. The van der Waals surface area contributed by atoms with Gasteiger partial charge in [-0.1, -0.05) is 30.7 Å². The lowest BCUT2D eigenvalue weighted by Crippen LogP contribution is -2.49. The van der Waals surface area contributed by atoms with E-state index in [2.05, 4.69) is 27.4 Å². The van der Waals surface area contributed by atoms with Gasteiger partial charge in [0.2, 0.25) is 0 Å². The summed E-state index contributed by atoms with van der Waals surface area (Å²) < 4.78 is 8.25. The van der Waals surface area contributed by atoms with Crippen LogP contribution in [0.2, 0.25) is 5.02 Å². The molecule has 0 atom stereocenters. The molecule has 29 heavy (non-hydrogen) atoms. The Kier molecular flexibility index (Phi) is 5.95. The highest BCUT2D eigenvalue weighted by Crippen LogP contribution is 2.37. The summed E-state index contributed by atoms with van der Waals surface area (Å²) in [6, 6.07) is 8.09. The Morgan fingerprint density at radius 2 is 2.00 bits per heavy atom. The van der Waals surface area contributed by atoms with Gasteiger partial charge in [0.05, 0.1) is 12.2 Å². The molecule has 1 aromatic carbocycles. The summed E-state index contributed by atoms with van der Waals surface area (Å²) in [5, 5.41) is 8.21. The molecule has 3 heterocycles. The van der Waals surface area contributed by atoms with Gasteiger partial charge in [-0.15, -0.1) is 0 Å². The van der Waals surface area contributed by atoms with Gasteiger partial charge in [0.1, 0.15) is 0 Å². The minimum absolute atomic E-state index is 0.0963. The first-order valence-electron chi connectivity index (χ1n) is 10.4. The minimum atomic E-state index is -0.144. The van der Waals surface area contributed by atoms with Crippen molar-refractivity contribution in [3.05, 3.63) is 51.8 Å². The molecule has 7 heteroatoms. The lowest BCUT2D eigenvalue weighted by Gasteiger charge is -2.44. The molecule has 0 saturated carbocycles. The number of nitrogens with one attached hydrogen (secondary N) is 1. The molecule has 0 radical (unpaired) electrons. The van der Waals surface area contributed by atoms with Crippen LogP contribution in [-0.2, 0) is 31.4 Å². The largest absolute Gasteiger partial charge is 0.370 e. The van der Waals surface area contributed by atoms with Crippen molar-refractivity contribution in [3.63, 3.8) is 0 Å². The van der Waals surface area contributed by atoms with E-state index < -0.39 is 0 Å². The second kappa shape index (κ2) is 8.46. The van der Waals surface area contributed by atoms with E-state index in [-0.39, 0.29) is 11.5 Å². The van der Waals surface area contributed by atoms with Crippen LogP contribution in [0.5, 0.6) is 0 Å². The zero-order chi connectivity index (χ0) is 20.4. The number of nitrogens with zero attached hydrogens (tertiary/aromatic N) is 3. The van der Waals surface area contributed by atoms with Gasteiger partial charge in [0, 0.05) is 55.9 Å². The number of fused-ring (bicyclic) bond motifs is 1. The van der Waals surface area contributed by atoms with E-state index in [0.717, 1.165) is 61.6 Å². The summed E-state index contributed by atoms with van der Waals surface area (Å²) in [7, 11) is 1.93. The van der Waals surface area contributed by atoms with Gasteiger partial charge >= 0.3 is 0 Å². The number of carbonyl (C=O) groups excluding carboxylic acids is 1. The van der Waals surface area contributed by atoms with Crippen molar-refractivity contribution in [2.24, 2.45) is 7.05 Å². The number of aromatic nitrogens is 2. The number of piperidine rings is 1. The highest BCUT2D eigenvalue weighted by atomic mass is 35.5. The molecule has 1 aromatic heterocycles. The zero-order valence-electron chi connectivity index (χ0n) is 17.2. The van der Waals surface area contributed by atoms with Crippen LogP contribution in [0.4, 0.5) is 0 Å². The summed E-state index contributed by atoms with van der Waals surface area (Å²) in [6.07, 6.45) is 3.71. The predicted molar refractivity (Wildman–Crippen MR) is 113 cm³/mol. The highest BCUT2D eigenvalue weighted by Gasteiger charge is 2.41. The average molecular weight is 417 g/mol. The molecule has 1 saturated heterocycles. The van der Waals surface area contributed by atoms with Gasteiger partial charge in [-0.25, -0.2) is 0 Å². The lowest BCUT2D eigenvalue weighted by atomic mass is 9.83. The third kappa shape index (κ3) is 4.34. The van der Waals surface area contributed by atoms with E-state index in [1.807, 2.05) is 30.8 Å². The van der Waals surface area contributed by atoms with Crippen molar-refractivity contribution < 1.29 is 9.53 Å². The molecule has 156 valence electrons. The van der Waals surface area contributed by atoms with Crippen molar-refractivity contribution in [3.8, 4) is 0 Å². The molecule has 1 spiro atoms. The van der Waals surface area contributed by atoms with Crippen LogP contribution in [0.15, 0.2) is 24.3 Å². The van der Waals surface area contributed by atoms with Crippen molar-refractivity contribution in [1.82, 2.24) is 20.0 Å². The molecule has 2 aliphatic rings. The van der Waals surface area contributed by atoms with Gasteiger partial charge in [0.15, 0.2) is 5.69 Å². The van der Waals surface area contributed by atoms with Gasteiger partial charge < -0.3 is 10.1 Å². The van der Waals surface area contributed by atoms with E-state index in [0.29, 0.717) is 18.8 Å². The number of carbonyl (C=O) groups is 1. The van der Waals surface area contributed by atoms with Crippen molar-refractivity contribution >= 4 is 17.5 Å². The molecule has 1 N–H and O–H groups in total. The summed E-state index contributed by atoms with van der Waals surface area (Å²) >= 11 is 5.99. The Hall–Kier alpha value is -1.89. The molecular weight excluding hydrogens is 388 g/mol. The number of hydrogen-bond donors (Lipinski definition) is 1. The number of aryl methyl sites for hydroxylation is 1. The number of halogens is 1. The summed E-state index contributed by atoms with van der Waals surface area (Å²) in [6.45, 7) is 6.11. The fourth-order valence-electron chi connectivity index (χ4n) is 4.35. The van der Waals surface area contributed by atoms with Crippen LogP contribution >= 0.6 is 11.6 Å². The van der Waals surface area contributed by atoms with E-state index in [1.54, 1.807) is 0 Å². The van der Waals surface area contributed by atoms with Crippen molar-refractivity contribution in [2.45, 2.75) is 51.4 Å². The molecule has 6 nitrogen and oxygen atoms in total. The monoisotopic (exact) mass is 416 g/mol. The van der Waals surface area contributed by atoms with E-state index in [4.69, 9.17) is 16.3 Å². The highest BCUT2D eigenvalue weighted by molar-refractivity contribution is 6.30. The summed E-state index contributed by atoms with van der Waals surface area (Å²) in [5.41, 5.74) is 3.76. The van der Waals surface area contributed by atoms with Crippen molar-refractivity contribution in [1.29, 1.82) is 0 Å². The minimum Gasteiger partial charge on any atom is -0.370 e. The molecule has 2 aliphatic heterocycles. The normalized spacial score (nSPS) is 18.6. The lowest BCUT2D eigenvalue weighted by molar-refractivity contribution is -0.104. The Balaban J connectivity index is 1.40. The number of likely N-dealkylation sites (tertiary alicyclic amines) is 1. The topological polar surface area (TPSA) is 59.4 Å². The maximum atomic E-state index is 12.4. The number of rotatable bonds is 5. The number of hydrogen-bond acceptors (Lipinski definition) is 4. The second-order valence-electron chi connectivity index (χ2n) is 8.20. The van der Waals surface area contributed by atoms with Gasteiger partial charge in [-0.05, 0) is 37.0 Å². The van der Waals surface area contributed by atoms with Crippen molar-refractivity contribution in [2.75, 3.05) is 19.6 Å². The first-order valence-corrected chi connectivity index (χ1v) is 10.8. The molecule has 0 bridgehead atoms. The number of ether oxygens (including phenoxy) is 1. The Labute approximate surface area is 177 Å². The standard InChI is InChI=1S/C22H29ClN4O2/c1-3-10-24-21(28)20-18-15-29-22(13-19(18)26(2)25-20)8-11-27(12-9-22)14-16-4-6-17(23)7-5-16/h4-7H,3,8-15H2,1-2H3,(H,24,28). The maximum absolute atomic E-state index is 12.4. The fraction of sp³-hybridized carbons (Fsp3) is 0.545. The predicted octanol–water partition coefficient (Wildman–Crippen LogP) is 3.32. The summed E-state index contributed by atoms with van der Waals surface area (Å²) in [4.78, 5) is 14.9. The maximum Gasteiger partial charge on any atom is 0.272 e.